The minimum atomic E-state index is 0.228. The Labute approximate surface area is 121 Å². The zero-order chi connectivity index (χ0) is 14.2. The van der Waals surface area contributed by atoms with E-state index in [2.05, 4.69) is 24.4 Å². The van der Waals surface area contributed by atoms with Crippen molar-refractivity contribution in [2.24, 2.45) is 0 Å². The fraction of sp³-hybridized carbons (Fsp3) is 0.625. The molecule has 1 fully saturated rings. The van der Waals surface area contributed by atoms with Crippen molar-refractivity contribution in [2.45, 2.75) is 39.3 Å². The van der Waals surface area contributed by atoms with E-state index >= 15 is 0 Å². The van der Waals surface area contributed by atoms with Gasteiger partial charge in [0.05, 0.1) is 12.7 Å². The molecule has 0 spiro atoms. The molecule has 112 valence electrons. The normalized spacial score (nSPS) is 18.2. The molecule has 0 bridgehead atoms. The lowest BCUT2D eigenvalue weighted by molar-refractivity contribution is 0.0667. The monoisotopic (exact) mass is 279 g/mol. The van der Waals surface area contributed by atoms with Crippen LogP contribution in [0.5, 0.6) is 11.5 Å². The number of ether oxygens (including phenoxy) is 3. The van der Waals surface area contributed by atoms with Crippen molar-refractivity contribution in [3.05, 3.63) is 23.8 Å². The van der Waals surface area contributed by atoms with Crippen molar-refractivity contribution >= 4 is 0 Å². The van der Waals surface area contributed by atoms with E-state index in [-0.39, 0.29) is 6.10 Å². The second kappa shape index (κ2) is 8.12. The van der Waals surface area contributed by atoms with Gasteiger partial charge in [-0.2, -0.15) is 0 Å². The number of nitrogens with one attached hydrogen (secondary N) is 1. The summed E-state index contributed by atoms with van der Waals surface area (Å²) in [6, 6.07) is 6.12. The molecule has 1 aliphatic heterocycles. The van der Waals surface area contributed by atoms with Crippen molar-refractivity contribution in [2.75, 3.05) is 26.4 Å². The molecule has 0 amide bonds. The molecule has 0 aliphatic carbocycles. The van der Waals surface area contributed by atoms with Gasteiger partial charge in [-0.15, -0.1) is 0 Å². The first kappa shape index (κ1) is 15.1. The molecule has 20 heavy (non-hydrogen) atoms. The van der Waals surface area contributed by atoms with Gasteiger partial charge in [0.15, 0.2) is 11.5 Å². The molecule has 1 aliphatic rings. The topological polar surface area (TPSA) is 39.7 Å². The maximum Gasteiger partial charge on any atom is 0.161 e. The Kier molecular flexibility index (Phi) is 6.15. The number of hydrogen-bond acceptors (Lipinski definition) is 4. The van der Waals surface area contributed by atoms with Crippen LogP contribution in [0.2, 0.25) is 0 Å². The van der Waals surface area contributed by atoms with Gasteiger partial charge >= 0.3 is 0 Å². The lowest BCUT2D eigenvalue weighted by Crippen LogP contribution is -2.17. The Morgan fingerprint density at radius 2 is 2.15 bits per heavy atom. The summed E-state index contributed by atoms with van der Waals surface area (Å²) in [5.74, 6) is 1.63. The third kappa shape index (κ3) is 4.39. The second-order valence-corrected chi connectivity index (χ2v) is 4.94. The van der Waals surface area contributed by atoms with E-state index in [4.69, 9.17) is 14.2 Å². The largest absolute Gasteiger partial charge is 0.490 e. The number of hydrogen-bond donors (Lipinski definition) is 1. The van der Waals surface area contributed by atoms with Crippen LogP contribution in [0.1, 0.15) is 32.3 Å². The molecular weight excluding hydrogens is 254 g/mol. The van der Waals surface area contributed by atoms with Gasteiger partial charge in [-0.1, -0.05) is 13.0 Å². The highest BCUT2D eigenvalue weighted by Crippen LogP contribution is 2.29. The van der Waals surface area contributed by atoms with Gasteiger partial charge in [-0.3, -0.25) is 0 Å². The quantitative estimate of drug-likeness (QED) is 0.794. The van der Waals surface area contributed by atoms with Crippen LogP contribution >= 0.6 is 0 Å². The molecular formula is C16H25NO3. The van der Waals surface area contributed by atoms with Gasteiger partial charge in [0.2, 0.25) is 0 Å². The fourth-order valence-corrected chi connectivity index (χ4v) is 2.28. The summed E-state index contributed by atoms with van der Waals surface area (Å²) in [5.41, 5.74) is 1.21. The van der Waals surface area contributed by atoms with Crippen LogP contribution in [0, 0.1) is 0 Å². The molecule has 1 N–H and O–H groups in total. The first-order valence-corrected chi connectivity index (χ1v) is 7.54. The predicted octanol–water partition coefficient (Wildman–Crippen LogP) is 2.75. The first-order chi connectivity index (χ1) is 9.83. The molecule has 4 nitrogen and oxygen atoms in total. The Morgan fingerprint density at radius 1 is 1.25 bits per heavy atom. The predicted molar refractivity (Wildman–Crippen MR) is 79.5 cm³/mol. The van der Waals surface area contributed by atoms with E-state index in [1.807, 2.05) is 13.0 Å². The molecule has 0 saturated carbocycles. The summed E-state index contributed by atoms with van der Waals surface area (Å²) in [7, 11) is 0. The minimum Gasteiger partial charge on any atom is -0.490 e. The van der Waals surface area contributed by atoms with Crippen molar-refractivity contribution in [1.29, 1.82) is 0 Å². The molecule has 1 aromatic carbocycles. The molecule has 1 aromatic rings. The Hall–Kier alpha value is -1.26. The standard InChI is InChI=1S/C16H25NO3/c1-3-17-11-13-7-8-15(16(10-13)18-4-2)20-12-14-6-5-9-19-14/h7-8,10,14,17H,3-6,9,11-12H2,1-2H3. The summed E-state index contributed by atoms with van der Waals surface area (Å²) < 4.78 is 17.1. The lowest BCUT2D eigenvalue weighted by atomic mass is 10.2. The van der Waals surface area contributed by atoms with Gasteiger partial charge in [-0.05, 0) is 44.0 Å². The maximum atomic E-state index is 5.86. The van der Waals surface area contributed by atoms with E-state index in [1.165, 1.54) is 5.56 Å². The highest BCUT2D eigenvalue weighted by atomic mass is 16.5. The lowest BCUT2D eigenvalue weighted by Gasteiger charge is -2.16. The van der Waals surface area contributed by atoms with E-state index < -0.39 is 0 Å². The van der Waals surface area contributed by atoms with Gasteiger partial charge in [0.1, 0.15) is 6.61 Å². The van der Waals surface area contributed by atoms with E-state index in [0.717, 1.165) is 44.0 Å². The summed E-state index contributed by atoms with van der Waals surface area (Å²) in [6.45, 7) is 7.99. The molecule has 1 atom stereocenters. The van der Waals surface area contributed by atoms with Crippen LogP contribution in [0.15, 0.2) is 18.2 Å². The Balaban J connectivity index is 1.98. The molecule has 1 heterocycles. The molecule has 1 unspecified atom stereocenters. The van der Waals surface area contributed by atoms with Crippen molar-refractivity contribution in [1.82, 2.24) is 5.32 Å². The highest BCUT2D eigenvalue weighted by Gasteiger charge is 2.17. The second-order valence-electron chi connectivity index (χ2n) is 4.94. The third-order valence-electron chi connectivity index (χ3n) is 3.34. The zero-order valence-corrected chi connectivity index (χ0v) is 12.5. The average Bonchev–Trinajstić information content (AvgIpc) is 2.98. The Bertz CT molecular complexity index is 403. The van der Waals surface area contributed by atoms with Crippen LogP contribution in [-0.4, -0.2) is 32.5 Å². The van der Waals surface area contributed by atoms with Crippen LogP contribution < -0.4 is 14.8 Å². The zero-order valence-electron chi connectivity index (χ0n) is 12.5. The smallest absolute Gasteiger partial charge is 0.161 e. The summed E-state index contributed by atoms with van der Waals surface area (Å²) in [4.78, 5) is 0. The van der Waals surface area contributed by atoms with Gasteiger partial charge < -0.3 is 19.5 Å². The van der Waals surface area contributed by atoms with Gasteiger partial charge in [-0.25, -0.2) is 0 Å². The van der Waals surface area contributed by atoms with Crippen molar-refractivity contribution in [3.63, 3.8) is 0 Å². The van der Waals surface area contributed by atoms with E-state index in [0.29, 0.717) is 13.2 Å². The van der Waals surface area contributed by atoms with Crippen molar-refractivity contribution in [3.8, 4) is 11.5 Å². The van der Waals surface area contributed by atoms with Gasteiger partial charge in [0, 0.05) is 13.2 Å². The minimum absolute atomic E-state index is 0.228. The van der Waals surface area contributed by atoms with Crippen LogP contribution in [0.3, 0.4) is 0 Å². The summed E-state index contributed by atoms with van der Waals surface area (Å²) in [6.07, 6.45) is 2.45. The Morgan fingerprint density at radius 3 is 2.85 bits per heavy atom. The average molecular weight is 279 g/mol. The van der Waals surface area contributed by atoms with Crippen LogP contribution in [0.25, 0.3) is 0 Å². The number of rotatable bonds is 8. The van der Waals surface area contributed by atoms with E-state index in [1.54, 1.807) is 0 Å². The molecule has 0 aromatic heterocycles. The fourth-order valence-electron chi connectivity index (χ4n) is 2.28. The first-order valence-electron chi connectivity index (χ1n) is 7.54. The van der Waals surface area contributed by atoms with Gasteiger partial charge in [0.25, 0.3) is 0 Å². The SMILES string of the molecule is CCNCc1ccc(OCC2CCCO2)c(OCC)c1. The highest BCUT2D eigenvalue weighted by molar-refractivity contribution is 5.43. The summed E-state index contributed by atoms with van der Waals surface area (Å²) >= 11 is 0. The summed E-state index contributed by atoms with van der Waals surface area (Å²) in [5, 5.41) is 3.31. The van der Waals surface area contributed by atoms with E-state index in [9.17, 15) is 0 Å². The molecule has 0 radical (unpaired) electrons. The molecule has 1 saturated heterocycles. The number of benzene rings is 1. The molecule has 4 heteroatoms. The van der Waals surface area contributed by atoms with Crippen LogP contribution in [-0.2, 0) is 11.3 Å². The third-order valence-corrected chi connectivity index (χ3v) is 3.34. The maximum absolute atomic E-state index is 5.86. The van der Waals surface area contributed by atoms with Crippen molar-refractivity contribution < 1.29 is 14.2 Å². The molecule has 2 rings (SSSR count). The van der Waals surface area contributed by atoms with Crippen LogP contribution in [0.4, 0.5) is 0 Å².